The fourth-order valence-corrected chi connectivity index (χ4v) is 5.96. The van der Waals surface area contributed by atoms with Crippen LogP contribution < -0.4 is 0 Å². The first-order chi connectivity index (χ1) is 11.5. The summed E-state index contributed by atoms with van der Waals surface area (Å²) in [6, 6.07) is 5.95. The van der Waals surface area contributed by atoms with Crippen LogP contribution >= 0.6 is 0 Å². The zero-order valence-electron chi connectivity index (χ0n) is 14.8. The maximum absolute atomic E-state index is 11.8. The van der Waals surface area contributed by atoms with Gasteiger partial charge in [0.25, 0.3) is 0 Å². The lowest BCUT2D eigenvalue weighted by atomic mass is 9.55. The van der Waals surface area contributed by atoms with E-state index in [4.69, 9.17) is 4.74 Å². The Morgan fingerprint density at radius 3 is 2.92 bits per heavy atom. The molecule has 0 spiro atoms. The zero-order chi connectivity index (χ0) is 16.9. The number of carbonyl (C=O) groups is 1. The van der Waals surface area contributed by atoms with Crippen LogP contribution in [0, 0.1) is 17.3 Å². The molecule has 1 N–H and O–H groups in total. The van der Waals surface area contributed by atoms with Crippen molar-refractivity contribution in [1.29, 1.82) is 0 Å². The number of phenols is 1. The molecule has 3 nitrogen and oxygen atoms in total. The average Bonchev–Trinajstić information content (AvgIpc) is 2.90. The lowest BCUT2D eigenvalue weighted by Gasteiger charge is -2.50. The van der Waals surface area contributed by atoms with E-state index in [2.05, 4.69) is 13.0 Å². The first kappa shape index (κ1) is 16.0. The van der Waals surface area contributed by atoms with Crippen molar-refractivity contribution in [2.45, 2.75) is 70.8 Å². The van der Waals surface area contributed by atoms with Gasteiger partial charge in [-0.2, -0.15) is 0 Å². The smallest absolute Gasteiger partial charge is 0.305 e. The molecular formula is C21H28O3. The normalized spacial score (nSPS) is 37.2. The zero-order valence-corrected chi connectivity index (χ0v) is 14.8. The molecule has 5 atom stereocenters. The quantitative estimate of drug-likeness (QED) is 0.809. The summed E-state index contributed by atoms with van der Waals surface area (Å²) in [6.07, 6.45) is 7.38. The van der Waals surface area contributed by atoms with E-state index in [0.717, 1.165) is 19.3 Å². The summed E-state index contributed by atoms with van der Waals surface area (Å²) < 4.78 is 5.83. The molecule has 0 aromatic heterocycles. The van der Waals surface area contributed by atoms with Crippen LogP contribution in [0.2, 0.25) is 0 Å². The van der Waals surface area contributed by atoms with Crippen molar-refractivity contribution >= 4 is 5.97 Å². The van der Waals surface area contributed by atoms with Crippen LogP contribution in [0.15, 0.2) is 18.2 Å². The number of phenolic OH excluding ortho intramolecular Hbond substituents is 1. The Hall–Kier alpha value is -1.51. The molecule has 1 aromatic rings. The third-order valence-electron chi connectivity index (χ3n) is 7.19. The molecular weight excluding hydrogens is 300 g/mol. The maximum Gasteiger partial charge on any atom is 0.305 e. The minimum absolute atomic E-state index is 0.0477. The number of fused-ring (bicyclic) bond motifs is 5. The Kier molecular flexibility index (Phi) is 3.85. The highest BCUT2D eigenvalue weighted by Gasteiger charge is 2.56. The van der Waals surface area contributed by atoms with E-state index in [-0.39, 0.29) is 17.5 Å². The van der Waals surface area contributed by atoms with E-state index in [0.29, 0.717) is 29.9 Å². The third kappa shape index (κ3) is 2.35. The highest BCUT2D eigenvalue weighted by molar-refractivity contribution is 5.69. The standard InChI is InChI=1S/C21H28O3/c1-3-20(23)24-19-9-8-18-17-6-4-13-12-14(22)5-7-15(13)16(17)10-11-21(18,19)2/h5,7,12,16-19,22H,3-4,6,8-11H2,1-2H3/t16-,17+,18-,19?,21+/m1/s1. The van der Waals surface area contributed by atoms with Crippen LogP contribution in [0.4, 0.5) is 0 Å². The van der Waals surface area contributed by atoms with Gasteiger partial charge in [0.2, 0.25) is 0 Å². The van der Waals surface area contributed by atoms with Crippen LogP contribution in [-0.4, -0.2) is 17.2 Å². The topological polar surface area (TPSA) is 46.5 Å². The molecule has 4 rings (SSSR count). The second-order valence-corrected chi connectivity index (χ2v) is 8.25. The number of hydrogen-bond donors (Lipinski definition) is 1. The lowest BCUT2D eigenvalue weighted by Crippen LogP contribution is -2.45. The molecule has 2 fully saturated rings. The largest absolute Gasteiger partial charge is 0.508 e. The van der Waals surface area contributed by atoms with E-state index >= 15 is 0 Å². The first-order valence-corrected chi connectivity index (χ1v) is 9.54. The summed E-state index contributed by atoms with van der Waals surface area (Å²) in [4.78, 5) is 11.8. The monoisotopic (exact) mass is 328 g/mol. The van der Waals surface area contributed by atoms with E-state index in [1.807, 2.05) is 19.1 Å². The van der Waals surface area contributed by atoms with E-state index in [1.54, 1.807) is 0 Å². The van der Waals surface area contributed by atoms with Gasteiger partial charge in [-0.05, 0) is 79.5 Å². The van der Waals surface area contributed by atoms with Crippen molar-refractivity contribution in [3.05, 3.63) is 29.3 Å². The van der Waals surface area contributed by atoms with Gasteiger partial charge < -0.3 is 9.84 Å². The molecule has 2 saturated carbocycles. The van der Waals surface area contributed by atoms with E-state index in [1.165, 1.54) is 30.4 Å². The van der Waals surface area contributed by atoms with Crippen molar-refractivity contribution in [3.63, 3.8) is 0 Å². The summed E-state index contributed by atoms with van der Waals surface area (Å²) in [5.41, 5.74) is 2.95. The second-order valence-electron chi connectivity index (χ2n) is 8.25. The van der Waals surface area contributed by atoms with Gasteiger partial charge in [-0.1, -0.05) is 19.9 Å². The molecule has 24 heavy (non-hydrogen) atoms. The average molecular weight is 328 g/mol. The Morgan fingerprint density at radius 1 is 1.29 bits per heavy atom. The molecule has 3 aliphatic carbocycles. The number of benzene rings is 1. The van der Waals surface area contributed by atoms with Gasteiger partial charge in [0, 0.05) is 11.8 Å². The van der Waals surface area contributed by atoms with Gasteiger partial charge in [0.05, 0.1) is 0 Å². The van der Waals surface area contributed by atoms with Crippen LogP contribution in [0.1, 0.15) is 69.4 Å². The molecule has 0 saturated heterocycles. The van der Waals surface area contributed by atoms with E-state index < -0.39 is 0 Å². The van der Waals surface area contributed by atoms with Crippen LogP contribution in [0.5, 0.6) is 5.75 Å². The minimum Gasteiger partial charge on any atom is -0.508 e. The van der Waals surface area contributed by atoms with Crippen molar-refractivity contribution in [1.82, 2.24) is 0 Å². The second kappa shape index (κ2) is 5.79. The predicted octanol–water partition coefficient (Wildman–Crippen LogP) is 4.57. The Labute approximate surface area is 144 Å². The highest BCUT2D eigenvalue weighted by atomic mass is 16.5. The molecule has 0 radical (unpaired) electrons. The van der Waals surface area contributed by atoms with Crippen molar-refractivity contribution in [2.24, 2.45) is 17.3 Å². The molecule has 0 bridgehead atoms. The van der Waals surface area contributed by atoms with Crippen molar-refractivity contribution in [2.75, 3.05) is 0 Å². The molecule has 0 heterocycles. The first-order valence-electron chi connectivity index (χ1n) is 9.54. The number of aryl methyl sites for hydroxylation is 1. The van der Waals surface area contributed by atoms with Crippen molar-refractivity contribution in [3.8, 4) is 5.75 Å². The van der Waals surface area contributed by atoms with Crippen LogP contribution in [0.3, 0.4) is 0 Å². The number of ether oxygens (including phenoxy) is 1. The lowest BCUT2D eigenvalue weighted by molar-refractivity contribution is -0.157. The fourth-order valence-electron chi connectivity index (χ4n) is 5.96. The van der Waals surface area contributed by atoms with E-state index in [9.17, 15) is 9.90 Å². The van der Waals surface area contributed by atoms with Gasteiger partial charge in [-0.25, -0.2) is 0 Å². The molecule has 3 aliphatic rings. The SMILES string of the molecule is CCC(=O)OC1CC[C@@H]2[C@H]3CCc4cc(O)ccc4[C@H]3CC[C@]12C. The predicted molar refractivity (Wildman–Crippen MR) is 92.9 cm³/mol. The maximum atomic E-state index is 11.8. The molecule has 0 aliphatic heterocycles. The fraction of sp³-hybridized carbons (Fsp3) is 0.667. The van der Waals surface area contributed by atoms with Crippen LogP contribution in [-0.2, 0) is 16.0 Å². The highest BCUT2D eigenvalue weighted by Crippen LogP contribution is 2.61. The number of aromatic hydroxyl groups is 1. The summed E-state index contributed by atoms with van der Waals surface area (Å²) in [7, 11) is 0. The van der Waals surface area contributed by atoms with Crippen LogP contribution in [0.25, 0.3) is 0 Å². The molecule has 130 valence electrons. The Morgan fingerprint density at radius 2 is 2.12 bits per heavy atom. The number of carbonyl (C=O) groups excluding carboxylic acids is 1. The Balaban J connectivity index is 1.60. The molecule has 1 unspecified atom stereocenters. The third-order valence-corrected chi connectivity index (χ3v) is 7.19. The molecule has 1 aromatic carbocycles. The summed E-state index contributed by atoms with van der Waals surface area (Å²) >= 11 is 0. The summed E-state index contributed by atoms with van der Waals surface area (Å²) in [5, 5.41) is 9.77. The molecule has 3 heteroatoms. The van der Waals surface area contributed by atoms with Gasteiger partial charge in [0.1, 0.15) is 11.9 Å². The number of hydrogen-bond acceptors (Lipinski definition) is 3. The number of rotatable bonds is 2. The van der Waals surface area contributed by atoms with Crippen molar-refractivity contribution < 1.29 is 14.6 Å². The number of esters is 1. The van der Waals surface area contributed by atoms with Gasteiger partial charge in [-0.3, -0.25) is 4.79 Å². The molecule has 0 amide bonds. The summed E-state index contributed by atoms with van der Waals surface area (Å²) in [6.45, 7) is 4.24. The van der Waals surface area contributed by atoms with Gasteiger partial charge in [0.15, 0.2) is 0 Å². The van der Waals surface area contributed by atoms with Gasteiger partial charge >= 0.3 is 5.97 Å². The summed E-state index contributed by atoms with van der Waals surface area (Å²) in [5.74, 6) is 2.32. The van der Waals surface area contributed by atoms with Gasteiger partial charge in [-0.15, -0.1) is 0 Å². The minimum atomic E-state index is -0.0477. The Bertz CT molecular complexity index is 652.